The maximum Gasteiger partial charge on any atom is 0.326 e. The van der Waals surface area contributed by atoms with Gasteiger partial charge in [0.2, 0.25) is 0 Å². The highest BCUT2D eigenvalue weighted by atomic mass is 16.6. The van der Waals surface area contributed by atoms with Crippen LogP contribution in [0.5, 0.6) is 0 Å². The standard InChI is InChI=1S/C15H20N2O5/c1-10-3-5-12(6-4-10)22-15(19)9-16-11(2)13(17(20)21)7-8-14(16)18/h7-8,10,12H,3-6,9H2,1-2H3. The van der Waals surface area contributed by atoms with Crippen molar-refractivity contribution in [1.82, 2.24) is 4.57 Å². The monoisotopic (exact) mass is 308 g/mol. The quantitative estimate of drug-likeness (QED) is 0.483. The first kappa shape index (κ1) is 16.2. The van der Waals surface area contributed by atoms with Crippen LogP contribution < -0.4 is 5.56 Å². The number of nitrogens with zero attached hydrogens (tertiary/aromatic N) is 2. The molecule has 0 saturated heterocycles. The summed E-state index contributed by atoms with van der Waals surface area (Å²) in [5.41, 5.74) is -0.470. The average molecular weight is 308 g/mol. The number of aromatic nitrogens is 1. The van der Waals surface area contributed by atoms with Crippen LogP contribution in [0.15, 0.2) is 16.9 Å². The van der Waals surface area contributed by atoms with Crippen LogP contribution in [0, 0.1) is 23.0 Å². The molecule has 7 nitrogen and oxygen atoms in total. The van der Waals surface area contributed by atoms with Gasteiger partial charge >= 0.3 is 5.97 Å². The lowest BCUT2D eigenvalue weighted by atomic mass is 9.89. The first-order chi connectivity index (χ1) is 10.4. The summed E-state index contributed by atoms with van der Waals surface area (Å²) in [5, 5.41) is 10.9. The molecular weight excluding hydrogens is 288 g/mol. The predicted molar refractivity (Wildman–Crippen MR) is 79.6 cm³/mol. The molecule has 1 saturated carbocycles. The summed E-state index contributed by atoms with van der Waals surface area (Å²) in [6.45, 7) is 3.33. The number of carbonyl (C=O) groups excluding carboxylic acids is 1. The minimum absolute atomic E-state index is 0.113. The van der Waals surface area contributed by atoms with Crippen LogP contribution in [0.3, 0.4) is 0 Å². The molecule has 0 spiro atoms. The topological polar surface area (TPSA) is 91.4 Å². The van der Waals surface area contributed by atoms with Crippen molar-refractivity contribution in [3.05, 3.63) is 38.3 Å². The molecular formula is C15H20N2O5. The fourth-order valence-electron chi connectivity index (χ4n) is 2.75. The van der Waals surface area contributed by atoms with Crippen molar-refractivity contribution >= 4 is 11.7 Å². The summed E-state index contributed by atoms with van der Waals surface area (Å²) in [5.74, 6) is 0.127. The largest absolute Gasteiger partial charge is 0.461 e. The number of hydrogen-bond donors (Lipinski definition) is 0. The molecule has 1 aliphatic rings. The minimum atomic E-state index is -0.570. The first-order valence-electron chi connectivity index (χ1n) is 7.42. The van der Waals surface area contributed by atoms with Crippen LogP contribution in [0.1, 0.15) is 38.3 Å². The van der Waals surface area contributed by atoms with E-state index in [1.54, 1.807) is 0 Å². The third-order valence-corrected chi connectivity index (χ3v) is 4.17. The zero-order valence-corrected chi connectivity index (χ0v) is 12.8. The molecule has 0 radical (unpaired) electrons. The van der Waals surface area contributed by atoms with Gasteiger partial charge in [0.05, 0.1) is 10.6 Å². The molecule has 0 aromatic carbocycles. The van der Waals surface area contributed by atoms with E-state index >= 15 is 0 Å². The van der Waals surface area contributed by atoms with Gasteiger partial charge in [0.25, 0.3) is 11.2 Å². The summed E-state index contributed by atoms with van der Waals surface area (Å²) < 4.78 is 6.47. The number of carbonyl (C=O) groups is 1. The van der Waals surface area contributed by atoms with Crippen LogP contribution in [0.4, 0.5) is 5.69 Å². The molecule has 1 aliphatic carbocycles. The van der Waals surface area contributed by atoms with Crippen LogP contribution in [0.2, 0.25) is 0 Å². The highest BCUT2D eigenvalue weighted by Crippen LogP contribution is 2.25. The molecule has 2 rings (SSSR count). The fraction of sp³-hybridized carbons (Fsp3) is 0.600. The molecule has 120 valence electrons. The third kappa shape index (κ3) is 3.72. The highest BCUT2D eigenvalue weighted by molar-refractivity contribution is 5.69. The fourth-order valence-corrected chi connectivity index (χ4v) is 2.75. The van der Waals surface area contributed by atoms with E-state index < -0.39 is 16.5 Å². The van der Waals surface area contributed by atoms with E-state index in [0.29, 0.717) is 5.92 Å². The number of hydrogen-bond acceptors (Lipinski definition) is 5. The van der Waals surface area contributed by atoms with E-state index in [-0.39, 0.29) is 24.0 Å². The van der Waals surface area contributed by atoms with E-state index in [9.17, 15) is 19.7 Å². The Bertz CT molecular complexity index is 629. The Morgan fingerprint density at radius 2 is 2.00 bits per heavy atom. The van der Waals surface area contributed by atoms with Crippen molar-refractivity contribution in [3.63, 3.8) is 0 Å². The van der Waals surface area contributed by atoms with Gasteiger partial charge in [-0.2, -0.15) is 0 Å². The Balaban J connectivity index is 2.07. The van der Waals surface area contributed by atoms with Gasteiger partial charge in [-0.15, -0.1) is 0 Å². The summed E-state index contributed by atoms with van der Waals surface area (Å²) in [7, 11) is 0. The van der Waals surface area contributed by atoms with Crippen molar-refractivity contribution in [2.75, 3.05) is 0 Å². The Labute approximate surface area is 128 Å². The van der Waals surface area contributed by atoms with Crippen molar-refractivity contribution < 1.29 is 14.5 Å². The van der Waals surface area contributed by atoms with E-state index in [0.717, 1.165) is 42.4 Å². The number of esters is 1. The Hall–Kier alpha value is -2.18. The predicted octanol–water partition coefficient (Wildman–Crippen LogP) is 2.19. The molecule has 0 amide bonds. The maximum absolute atomic E-state index is 12.0. The van der Waals surface area contributed by atoms with Gasteiger partial charge in [-0.1, -0.05) is 6.92 Å². The molecule has 0 aliphatic heterocycles. The lowest BCUT2D eigenvalue weighted by Gasteiger charge is -2.26. The molecule has 0 atom stereocenters. The Morgan fingerprint density at radius 3 is 2.59 bits per heavy atom. The summed E-state index contributed by atoms with van der Waals surface area (Å²) in [4.78, 5) is 34.1. The van der Waals surface area contributed by atoms with Crippen molar-refractivity contribution in [2.24, 2.45) is 5.92 Å². The SMILES string of the molecule is Cc1c([N+](=O)[O-])ccc(=O)n1CC(=O)OC1CCC(C)CC1. The van der Waals surface area contributed by atoms with Crippen molar-refractivity contribution in [3.8, 4) is 0 Å². The molecule has 0 unspecified atom stereocenters. The lowest BCUT2D eigenvalue weighted by molar-refractivity contribution is -0.386. The van der Waals surface area contributed by atoms with Gasteiger partial charge < -0.3 is 4.74 Å². The number of pyridine rings is 1. The zero-order valence-electron chi connectivity index (χ0n) is 12.8. The van der Waals surface area contributed by atoms with E-state index in [4.69, 9.17) is 4.74 Å². The molecule has 1 fully saturated rings. The van der Waals surface area contributed by atoms with Crippen LogP contribution in [-0.4, -0.2) is 21.6 Å². The molecule has 1 aromatic rings. The summed E-state index contributed by atoms with van der Waals surface area (Å²) in [6.07, 6.45) is 3.59. The van der Waals surface area contributed by atoms with E-state index in [2.05, 4.69) is 6.92 Å². The lowest BCUT2D eigenvalue weighted by Crippen LogP contribution is -2.30. The van der Waals surface area contributed by atoms with Crippen molar-refractivity contribution in [1.29, 1.82) is 0 Å². The molecule has 0 bridgehead atoms. The van der Waals surface area contributed by atoms with Gasteiger partial charge in [-0.25, -0.2) is 0 Å². The molecule has 22 heavy (non-hydrogen) atoms. The third-order valence-electron chi connectivity index (χ3n) is 4.17. The van der Waals surface area contributed by atoms with E-state index in [1.807, 2.05) is 0 Å². The van der Waals surface area contributed by atoms with Gasteiger partial charge in [0, 0.05) is 12.1 Å². The minimum Gasteiger partial charge on any atom is -0.461 e. The second-order valence-corrected chi connectivity index (χ2v) is 5.86. The number of nitro groups is 1. The van der Waals surface area contributed by atoms with Gasteiger partial charge in [0.15, 0.2) is 0 Å². The zero-order chi connectivity index (χ0) is 16.3. The van der Waals surface area contributed by atoms with Gasteiger partial charge in [0.1, 0.15) is 12.6 Å². The molecule has 1 heterocycles. The molecule has 1 aromatic heterocycles. The molecule has 7 heteroatoms. The molecule has 0 N–H and O–H groups in total. The Kier molecular flexibility index (Phi) is 4.95. The summed E-state index contributed by atoms with van der Waals surface area (Å²) in [6, 6.07) is 2.25. The van der Waals surface area contributed by atoms with Crippen LogP contribution >= 0.6 is 0 Å². The smallest absolute Gasteiger partial charge is 0.326 e. The average Bonchev–Trinajstić information content (AvgIpc) is 2.45. The van der Waals surface area contributed by atoms with Crippen LogP contribution in [0.25, 0.3) is 0 Å². The second-order valence-electron chi connectivity index (χ2n) is 5.86. The second kappa shape index (κ2) is 6.72. The van der Waals surface area contributed by atoms with Gasteiger partial charge in [-0.05, 0) is 38.5 Å². The summed E-state index contributed by atoms with van der Waals surface area (Å²) >= 11 is 0. The number of ether oxygens (including phenoxy) is 1. The van der Waals surface area contributed by atoms with Crippen LogP contribution in [-0.2, 0) is 16.1 Å². The van der Waals surface area contributed by atoms with E-state index in [1.165, 1.54) is 6.92 Å². The highest BCUT2D eigenvalue weighted by Gasteiger charge is 2.23. The Morgan fingerprint density at radius 1 is 1.36 bits per heavy atom. The maximum atomic E-state index is 12.0. The normalized spacial score (nSPS) is 21.4. The van der Waals surface area contributed by atoms with Crippen molar-refractivity contribution in [2.45, 2.75) is 52.2 Å². The van der Waals surface area contributed by atoms with Gasteiger partial charge in [-0.3, -0.25) is 24.3 Å². The number of rotatable bonds is 4. The first-order valence-corrected chi connectivity index (χ1v) is 7.42.